The molecule has 0 spiro atoms. The smallest absolute Gasteiger partial charge is 0.287 e. The van der Waals surface area contributed by atoms with Gasteiger partial charge >= 0.3 is 0 Å². The molecule has 0 unspecified atom stereocenters. The van der Waals surface area contributed by atoms with Crippen LogP contribution in [0.4, 0.5) is 0 Å². The number of halogens is 1. The van der Waals surface area contributed by atoms with Crippen LogP contribution in [-0.4, -0.2) is 12.5 Å². The Labute approximate surface area is 113 Å². The minimum atomic E-state index is -0.309. The zero-order valence-corrected chi connectivity index (χ0v) is 11.0. The van der Waals surface area contributed by atoms with E-state index in [0.29, 0.717) is 5.76 Å². The first-order chi connectivity index (χ1) is 8.70. The largest absolute Gasteiger partial charge is 0.451 e. The van der Waals surface area contributed by atoms with Crippen molar-refractivity contribution in [3.05, 3.63) is 46.6 Å². The van der Waals surface area contributed by atoms with Crippen molar-refractivity contribution in [2.75, 3.05) is 6.54 Å². The highest BCUT2D eigenvalue weighted by molar-refractivity contribution is 9.10. The fourth-order valence-corrected chi connectivity index (χ4v) is 1.71. The van der Waals surface area contributed by atoms with E-state index >= 15 is 0 Å². The molecule has 0 atom stereocenters. The molecular weight excluding hydrogens is 294 g/mol. The molecule has 0 aliphatic rings. The second-order valence-electron chi connectivity index (χ2n) is 3.56. The van der Waals surface area contributed by atoms with E-state index < -0.39 is 0 Å². The molecule has 2 rings (SSSR count). The van der Waals surface area contributed by atoms with Crippen molar-refractivity contribution in [1.29, 1.82) is 0 Å². The zero-order chi connectivity index (χ0) is 13.0. The van der Waals surface area contributed by atoms with E-state index in [-0.39, 0.29) is 18.2 Å². The second-order valence-corrected chi connectivity index (χ2v) is 4.47. The predicted octanol–water partition coefficient (Wildman–Crippen LogP) is 3.07. The Balaban J connectivity index is 2.18. The monoisotopic (exact) mass is 303 g/mol. The molecule has 0 fully saturated rings. The summed E-state index contributed by atoms with van der Waals surface area (Å²) < 4.78 is 6.46. The van der Waals surface area contributed by atoms with Gasteiger partial charge in [0, 0.05) is 10.0 Å². The SMILES string of the molecule is C#CCNC(=O)c1ccc(-c2ccc(Br)cc2)o1. The number of carbonyl (C=O) groups is 1. The van der Waals surface area contributed by atoms with Crippen LogP contribution >= 0.6 is 15.9 Å². The number of terminal acetylenes is 1. The van der Waals surface area contributed by atoms with E-state index in [0.717, 1.165) is 10.0 Å². The van der Waals surface area contributed by atoms with Crippen molar-refractivity contribution in [2.24, 2.45) is 0 Å². The Bertz CT molecular complexity index is 593. The van der Waals surface area contributed by atoms with Crippen molar-refractivity contribution in [2.45, 2.75) is 0 Å². The van der Waals surface area contributed by atoms with Crippen LogP contribution in [0.1, 0.15) is 10.6 Å². The number of furan rings is 1. The van der Waals surface area contributed by atoms with E-state index in [1.54, 1.807) is 12.1 Å². The van der Waals surface area contributed by atoms with E-state index in [1.165, 1.54) is 0 Å². The molecule has 18 heavy (non-hydrogen) atoms. The van der Waals surface area contributed by atoms with E-state index in [9.17, 15) is 4.79 Å². The first kappa shape index (κ1) is 12.5. The van der Waals surface area contributed by atoms with Gasteiger partial charge in [-0.3, -0.25) is 4.79 Å². The Kier molecular flexibility index (Phi) is 3.85. The first-order valence-corrected chi connectivity index (χ1v) is 6.07. The number of nitrogens with one attached hydrogen (secondary N) is 1. The summed E-state index contributed by atoms with van der Waals surface area (Å²) in [4.78, 5) is 11.6. The molecule has 0 radical (unpaired) electrons. The number of benzene rings is 1. The van der Waals surface area contributed by atoms with Crippen LogP contribution in [0.3, 0.4) is 0 Å². The lowest BCUT2D eigenvalue weighted by Gasteiger charge is -1.98. The molecule has 1 heterocycles. The molecule has 1 aromatic heterocycles. The van der Waals surface area contributed by atoms with Crippen LogP contribution in [0.2, 0.25) is 0 Å². The van der Waals surface area contributed by atoms with Gasteiger partial charge in [-0.15, -0.1) is 6.42 Å². The quantitative estimate of drug-likeness (QED) is 0.886. The van der Waals surface area contributed by atoms with Crippen LogP contribution in [0.5, 0.6) is 0 Å². The van der Waals surface area contributed by atoms with Gasteiger partial charge in [-0.05, 0) is 24.3 Å². The van der Waals surface area contributed by atoms with Gasteiger partial charge < -0.3 is 9.73 Å². The second kappa shape index (κ2) is 5.56. The van der Waals surface area contributed by atoms with Crippen LogP contribution in [0.25, 0.3) is 11.3 Å². The minimum absolute atomic E-state index is 0.188. The van der Waals surface area contributed by atoms with Gasteiger partial charge in [0.15, 0.2) is 5.76 Å². The Morgan fingerprint density at radius 2 is 2.00 bits per heavy atom. The average Bonchev–Trinajstić information content (AvgIpc) is 2.86. The number of hydrogen-bond acceptors (Lipinski definition) is 2. The van der Waals surface area contributed by atoms with Crippen LogP contribution in [0.15, 0.2) is 45.3 Å². The lowest BCUT2D eigenvalue weighted by molar-refractivity contribution is 0.0932. The fourth-order valence-electron chi connectivity index (χ4n) is 1.45. The molecule has 1 amide bonds. The maximum atomic E-state index is 11.6. The van der Waals surface area contributed by atoms with Crippen molar-refractivity contribution in [3.63, 3.8) is 0 Å². The highest BCUT2D eigenvalue weighted by Gasteiger charge is 2.11. The summed E-state index contributed by atoms with van der Waals surface area (Å²) >= 11 is 3.36. The third-order valence-corrected chi connectivity index (χ3v) is 2.84. The molecule has 90 valence electrons. The molecule has 3 nitrogen and oxygen atoms in total. The summed E-state index contributed by atoms with van der Waals surface area (Å²) in [6, 6.07) is 11.0. The highest BCUT2D eigenvalue weighted by atomic mass is 79.9. The molecule has 4 heteroatoms. The summed E-state index contributed by atoms with van der Waals surface area (Å²) in [5.41, 5.74) is 0.911. The molecule has 2 aromatic rings. The number of hydrogen-bond donors (Lipinski definition) is 1. The zero-order valence-electron chi connectivity index (χ0n) is 9.44. The lowest BCUT2D eigenvalue weighted by Crippen LogP contribution is -2.22. The molecule has 1 aromatic carbocycles. The van der Waals surface area contributed by atoms with E-state index in [4.69, 9.17) is 10.8 Å². The molecular formula is C14H10BrNO2. The van der Waals surface area contributed by atoms with Crippen molar-refractivity contribution in [1.82, 2.24) is 5.32 Å². The topological polar surface area (TPSA) is 42.2 Å². The van der Waals surface area contributed by atoms with E-state index in [2.05, 4.69) is 27.2 Å². The minimum Gasteiger partial charge on any atom is -0.451 e. The van der Waals surface area contributed by atoms with Gasteiger partial charge in [0.05, 0.1) is 6.54 Å². The van der Waals surface area contributed by atoms with Gasteiger partial charge in [-0.1, -0.05) is 34.0 Å². The number of amides is 1. The van der Waals surface area contributed by atoms with E-state index in [1.807, 2.05) is 24.3 Å². The molecule has 0 aliphatic carbocycles. The standard InChI is InChI=1S/C14H10BrNO2/c1-2-9-16-14(17)13-8-7-12(18-13)10-3-5-11(15)6-4-10/h1,3-8H,9H2,(H,16,17). The van der Waals surface area contributed by atoms with Crippen molar-refractivity contribution >= 4 is 21.8 Å². The normalized spacial score (nSPS) is 9.78. The Morgan fingerprint density at radius 3 is 2.67 bits per heavy atom. The van der Waals surface area contributed by atoms with Crippen LogP contribution in [0, 0.1) is 12.3 Å². The summed E-state index contributed by atoms with van der Waals surface area (Å²) in [5.74, 6) is 2.92. The molecule has 0 saturated heterocycles. The Morgan fingerprint density at radius 1 is 1.28 bits per heavy atom. The third-order valence-electron chi connectivity index (χ3n) is 2.31. The van der Waals surface area contributed by atoms with Crippen LogP contribution < -0.4 is 5.32 Å². The van der Waals surface area contributed by atoms with Crippen molar-refractivity contribution < 1.29 is 9.21 Å². The summed E-state index contributed by atoms with van der Waals surface area (Å²) in [6.07, 6.45) is 5.07. The Hall–Kier alpha value is -1.99. The maximum Gasteiger partial charge on any atom is 0.287 e. The predicted molar refractivity (Wildman–Crippen MR) is 73.0 cm³/mol. The third kappa shape index (κ3) is 2.82. The first-order valence-electron chi connectivity index (χ1n) is 5.28. The highest BCUT2D eigenvalue weighted by Crippen LogP contribution is 2.23. The van der Waals surface area contributed by atoms with Gasteiger partial charge in [-0.2, -0.15) is 0 Å². The lowest BCUT2D eigenvalue weighted by atomic mass is 10.2. The summed E-state index contributed by atoms with van der Waals surface area (Å²) in [7, 11) is 0. The molecule has 0 saturated carbocycles. The van der Waals surface area contributed by atoms with Crippen LogP contribution in [-0.2, 0) is 0 Å². The molecule has 0 bridgehead atoms. The average molecular weight is 304 g/mol. The van der Waals surface area contributed by atoms with Gasteiger partial charge in [-0.25, -0.2) is 0 Å². The van der Waals surface area contributed by atoms with Crippen molar-refractivity contribution in [3.8, 4) is 23.7 Å². The summed E-state index contributed by atoms with van der Waals surface area (Å²) in [6.45, 7) is 0.188. The van der Waals surface area contributed by atoms with Gasteiger partial charge in [0.2, 0.25) is 0 Å². The van der Waals surface area contributed by atoms with Gasteiger partial charge in [0.1, 0.15) is 5.76 Å². The maximum absolute atomic E-state index is 11.6. The molecule has 0 aliphatic heterocycles. The number of rotatable bonds is 3. The fraction of sp³-hybridized carbons (Fsp3) is 0.0714. The summed E-state index contributed by atoms with van der Waals surface area (Å²) in [5, 5.41) is 2.55. The molecule has 1 N–H and O–H groups in total. The van der Waals surface area contributed by atoms with Gasteiger partial charge in [0.25, 0.3) is 5.91 Å². The number of carbonyl (C=O) groups excluding carboxylic acids is 1.